The number of nitrogens with zero attached hydrogens (tertiary/aromatic N) is 2. The van der Waals surface area contributed by atoms with Crippen molar-refractivity contribution in [2.45, 2.75) is 18.9 Å². The van der Waals surface area contributed by atoms with Gasteiger partial charge in [0.25, 0.3) is 0 Å². The summed E-state index contributed by atoms with van der Waals surface area (Å²) in [5.74, 6) is 2.47. The second-order valence-electron chi connectivity index (χ2n) is 7.34. The van der Waals surface area contributed by atoms with E-state index in [2.05, 4.69) is 0 Å². The summed E-state index contributed by atoms with van der Waals surface area (Å²) in [5, 5.41) is 0. The van der Waals surface area contributed by atoms with Crippen molar-refractivity contribution in [1.29, 1.82) is 0 Å². The molecule has 4 rings (SSSR count). The van der Waals surface area contributed by atoms with Gasteiger partial charge in [-0.2, -0.15) is 0 Å². The predicted octanol–water partition coefficient (Wildman–Crippen LogP) is 2.75. The van der Waals surface area contributed by atoms with Crippen LogP contribution in [0, 0.1) is 0 Å². The van der Waals surface area contributed by atoms with E-state index in [0.29, 0.717) is 19.7 Å². The minimum atomic E-state index is -0.0920. The Kier molecular flexibility index (Phi) is 5.39. The summed E-state index contributed by atoms with van der Waals surface area (Å²) in [6.07, 6.45) is 1.84. The normalized spacial score (nSPS) is 18.0. The van der Waals surface area contributed by atoms with Crippen molar-refractivity contribution in [2.75, 3.05) is 45.3 Å². The van der Waals surface area contributed by atoms with Crippen LogP contribution in [0.5, 0.6) is 17.2 Å². The summed E-state index contributed by atoms with van der Waals surface area (Å²) in [7, 11) is 3.61. The third kappa shape index (κ3) is 3.92. The Hall–Kier alpha value is -2.73. The molecule has 1 atom stereocenters. The average molecular weight is 382 g/mol. The third-order valence-electron chi connectivity index (χ3n) is 5.19. The molecule has 2 aromatic rings. The summed E-state index contributed by atoms with van der Waals surface area (Å²) in [5.41, 5.74) is 2.17. The smallest absolute Gasteiger partial charge is 0.241 e. The van der Waals surface area contributed by atoms with E-state index in [1.54, 1.807) is 7.11 Å². The molecule has 1 amide bonds. The van der Waals surface area contributed by atoms with Crippen molar-refractivity contribution in [3.05, 3.63) is 48.0 Å². The fourth-order valence-corrected chi connectivity index (χ4v) is 3.84. The van der Waals surface area contributed by atoms with Crippen LogP contribution in [0.1, 0.15) is 12.0 Å². The fraction of sp³-hybridized carbons (Fsp3) is 0.409. The molecule has 6 heteroatoms. The maximum Gasteiger partial charge on any atom is 0.241 e. The number of carbonyl (C=O) groups excluding carboxylic acids is 1. The molecule has 148 valence electrons. The number of anilines is 1. The predicted molar refractivity (Wildman–Crippen MR) is 108 cm³/mol. The van der Waals surface area contributed by atoms with Gasteiger partial charge in [-0.15, -0.1) is 0 Å². The second-order valence-corrected chi connectivity index (χ2v) is 7.34. The lowest BCUT2D eigenvalue weighted by Crippen LogP contribution is -2.45. The highest BCUT2D eigenvalue weighted by atomic mass is 16.6. The largest absolute Gasteiger partial charge is 0.497 e. The molecule has 0 saturated heterocycles. The zero-order chi connectivity index (χ0) is 19.5. The van der Waals surface area contributed by atoms with E-state index in [0.717, 1.165) is 42.3 Å². The Morgan fingerprint density at radius 2 is 2.07 bits per heavy atom. The van der Waals surface area contributed by atoms with Crippen molar-refractivity contribution < 1.29 is 19.0 Å². The molecule has 0 aromatic heterocycles. The number of methoxy groups -OCH3 is 1. The molecule has 0 radical (unpaired) electrons. The summed E-state index contributed by atoms with van der Waals surface area (Å²) in [6.45, 7) is 2.21. The molecule has 6 nitrogen and oxygen atoms in total. The lowest BCUT2D eigenvalue weighted by atomic mass is 10.0. The van der Waals surface area contributed by atoms with Gasteiger partial charge in [-0.1, -0.05) is 12.1 Å². The molecule has 28 heavy (non-hydrogen) atoms. The minimum Gasteiger partial charge on any atom is -0.497 e. The van der Waals surface area contributed by atoms with E-state index >= 15 is 0 Å². The fourth-order valence-electron chi connectivity index (χ4n) is 3.84. The second kappa shape index (κ2) is 8.10. The van der Waals surface area contributed by atoms with Gasteiger partial charge >= 0.3 is 0 Å². The number of rotatable bonds is 5. The highest BCUT2D eigenvalue weighted by Gasteiger charge is 2.26. The Morgan fingerprint density at radius 3 is 2.89 bits per heavy atom. The first-order valence-corrected chi connectivity index (χ1v) is 9.68. The highest BCUT2D eigenvalue weighted by Crippen LogP contribution is 2.32. The lowest BCUT2D eigenvalue weighted by molar-refractivity contribution is -0.119. The molecule has 2 heterocycles. The van der Waals surface area contributed by atoms with Gasteiger partial charge in [0.1, 0.15) is 18.5 Å². The number of ether oxygens (including phenoxy) is 3. The van der Waals surface area contributed by atoms with Crippen molar-refractivity contribution in [1.82, 2.24) is 4.90 Å². The Balaban J connectivity index is 1.37. The number of likely N-dealkylation sites (N-methyl/N-ethyl adjacent to an activating group) is 1. The Morgan fingerprint density at radius 1 is 1.25 bits per heavy atom. The molecule has 0 aliphatic carbocycles. The van der Waals surface area contributed by atoms with E-state index < -0.39 is 0 Å². The topological polar surface area (TPSA) is 51.2 Å². The zero-order valence-corrected chi connectivity index (χ0v) is 16.4. The first-order valence-electron chi connectivity index (χ1n) is 9.68. The third-order valence-corrected chi connectivity index (χ3v) is 5.19. The number of amides is 1. The lowest BCUT2D eigenvalue weighted by Gasteiger charge is -2.33. The molecule has 2 aliphatic heterocycles. The van der Waals surface area contributed by atoms with Crippen LogP contribution in [0.15, 0.2) is 42.5 Å². The molecular weight excluding hydrogens is 356 g/mol. The van der Waals surface area contributed by atoms with Gasteiger partial charge in [0.2, 0.25) is 5.91 Å². The number of benzene rings is 2. The first-order chi connectivity index (χ1) is 13.6. The molecular formula is C22H26N2O4. The number of carbonyl (C=O) groups is 1. The van der Waals surface area contributed by atoms with Crippen LogP contribution in [0.3, 0.4) is 0 Å². The number of hydrogen-bond donors (Lipinski definition) is 0. The Bertz CT molecular complexity index is 854. The van der Waals surface area contributed by atoms with Gasteiger partial charge in [-0.05, 0) is 55.8 Å². The average Bonchev–Trinajstić information content (AvgIpc) is 2.72. The van der Waals surface area contributed by atoms with E-state index in [1.807, 2.05) is 59.3 Å². The van der Waals surface area contributed by atoms with Gasteiger partial charge in [-0.25, -0.2) is 0 Å². The highest BCUT2D eigenvalue weighted by molar-refractivity contribution is 5.96. The van der Waals surface area contributed by atoms with Crippen molar-refractivity contribution in [3.63, 3.8) is 0 Å². The molecule has 0 bridgehead atoms. The summed E-state index contributed by atoms with van der Waals surface area (Å²) in [6, 6.07) is 13.6. The van der Waals surface area contributed by atoms with Gasteiger partial charge in [0.15, 0.2) is 11.5 Å². The van der Waals surface area contributed by atoms with Crippen LogP contribution >= 0.6 is 0 Å². The quantitative estimate of drug-likeness (QED) is 0.796. The minimum absolute atomic E-state index is 0.0920. The van der Waals surface area contributed by atoms with Crippen LogP contribution in [0.2, 0.25) is 0 Å². The van der Waals surface area contributed by atoms with Crippen molar-refractivity contribution in [2.24, 2.45) is 0 Å². The molecule has 1 unspecified atom stereocenters. The first kappa shape index (κ1) is 18.6. The molecule has 0 saturated carbocycles. The Labute approximate surface area is 165 Å². The van der Waals surface area contributed by atoms with Crippen LogP contribution in [0.25, 0.3) is 0 Å². The number of para-hydroxylation sites is 2. The van der Waals surface area contributed by atoms with Gasteiger partial charge < -0.3 is 19.1 Å². The SMILES string of the molecule is COc1ccc2c(c1)CCCN2C(=O)CN(C)CC1COc2ccccc2O1. The van der Waals surface area contributed by atoms with E-state index in [9.17, 15) is 4.79 Å². The van der Waals surface area contributed by atoms with Crippen molar-refractivity contribution in [3.8, 4) is 17.2 Å². The number of fused-ring (bicyclic) bond motifs is 2. The molecule has 2 aromatic carbocycles. The standard InChI is InChI=1S/C22H26N2O4/c1-23(13-18-15-27-20-7-3-4-8-21(20)28-18)14-22(25)24-11-5-6-16-12-17(26-2)9-10-19(16)24/h3-4,7-10,12,18H,5-6,11,13-15H2,1-2H3. The number of hydrogen-bond acceptors (Lipinski definition) is 5. The van der Waals surface area contributed by atoms with Crippen molar-refractivity contribution >= 4 is 11.6 Å². The van der Waals surface area contributed by atoms with Crippen LogP contribution in [0.4, 0.5) is 5.69 Å². The van der Waals surface area contributed by atoms with E-state index in [-0.39, 0.29) is 12.0 Å². The summed E-state index contributed by atoms with van der Waals surface area (Å²) in [4.78, 5) is 16.8. The molecule has 0 N–H and O–H groups in total. The van der Waals surface area contributed by atoms with Crippen LogP contribution < -0.4 is 19.1 Å². The molecule has 0 spiro atoms. The molecule has 2 aliphatic rings. The summed E-state index contributed by atoms with van der Waals surface area (Å²) < 4.78 is 17.1. The summed E-state index contributed by atoms with van der Waals surface area (Å²) >= 11 is 0. The maximum atomic E-state index is 12.9. The monoisotopic (exact) mass is 382 g/mol. The zero-order valence-electron chi connectivity index (χ0n) is 16.4. The maximum absolute atomic E-state index is 12.9. The number of aryl methyl sites for hydroxylation is 1. The van der Waals surface area contributed by atoms with Gasteiger partial charge in [0, 0.05) is 18.8 Å². The van der Waals surface area contributed by atoms with E-state index in [1.165, 1.54) is 5.56 Å². The van der Waals surface area contributed by atoms with Gasteiger partial charge in [0.05, 0.1) is 13.7 Å². The molecule has 0 fully saturated rings. The van der Waals surface area contributed by atoms with Crippen LogP contribution in [-0.2, 0) is 11.2 Å². The van der Waals surface area contributed by atoms with Gasteiger partial charge in [-0.3, -0.25) is 9.69 Å². The van der Waals surface area contributed by atoms with E-state index in [4.69, 9.17) is 14.2 Å². The van der Waals surface area contributed by atoms with Crippen LogP contribution in [-0.4, -0.2) is 57.3 Å².